The van der Waals surface area contributed by atoms with E-state index in [2.05, 4.69) is 29.1 Å². The molecule has 1 aromatic rings. The van der Waals surface area contributed by atoms with Crippen LogP contribution >= 0.6 is 0 Å². The van der Waals surface area contributed by atoms with E-state index in [1.54, 1.807) is 13.3 Å². The van der Waals surface area contributed by atoms with Crippen LogP contribution in [0, 0.1) is 0 Å². The number of aromatic nitrogens is 2. The summed E-state index contributed by atoms with van der Waals surface area (Å²) in [7, 11) is 3.53. The fourth-order valence-corrected chi connectivity index (χ4v) is 1.35. The van der Waals surface area contributed by atoms with Crippen LogP contribution in [0.3, 0.4) is 0 Å². The lowest BCUT2D eigenvalue weighted by molar-refractivity contribution is 0.145. The molecule has 0 aromatic carbocycles. The maximum atomic E-state index is 5.57. The minimum atomic E-state index is 0.318. The average Bonchev–Trinajstić information content (AvgIpc) is 2.31. The van der Waals surface area contributed by atoms with Crippen molar-refractivity contribution in [2.24, 2.45) is 0 Å². The van der Waals surface area contributed by atoms with Gasteiger partial charge in [-0.3, -0.25) is 0 Å². The van der Waals surface area contributed by atoms with Gasteiger partial charge in [-0.1, -0.05) is 13.8 Å². The van der Waals surface area contributed by atoms with Crippen LogP contribution < -0.4 is 10.1 Å². The number of rotatable bonds is 7. The van der Waals surface area contributed by atoms with E-state index in [-0.39, 0.29) is 0 Å². The molecule has 5 nitrogen and oxygen atoms in total. The van der Waals surface area contributed by atoms with Gasteiger partial charge in [0.15, 0.2) is 5.75 Å². The van der Waals surface area contributed by atoms with Crippen molar-refractivity contribution in [1.82, 2.24) is 15.3 Å². The first-order chi connectivity index (χ1) is 8.19. The molecule has 96 valence electrons. The third-order valence-corrected chi connectivity index (χ3v) is 2.25. The van der Waals surface area contributed by atoms with E-state index in [4.69, 9.17) is 9.47 Å². The lowest BCUT2D eigenvalue weighted by atomic mass is 10.2. The maximum Gasteiger partial charge on any atom is 0.160 e. The van der Waals surface area contributed by atoms with Crippen LogP contribution in [-0.2, 0) is 11.3 Å². The first kappa shape index (κ1) is 13.9. The molecular formula is C12H21N3O2. The second-order valence-electron chi connectivity index (χ2n) is 4.07. The molecule has 0 aliphatic carbocycles. The Hall–Kier alpha value is -1.20. The van der Waals surface area contributed by atoms with Crippen molar-refractivity contribution in [3.8, 4) is 5.75 Å². The summed E-state index contributed by atoms with van der Waals surface area (Å²) in [5.74, 6) is 1.88. The maximum absolute atomic E-state index is 5.57. The molecule has 1 heterocycles. The highest BCUT2D eigenvalue weighted by atomic mass is 16.5. The van der Waals surface area contributed by atoms with Crippen molar-refractivity contribution in [1.29, 1.82) is 0 Å². The first-order valence-electron chi connectivity index (χ1n) is 5.81. The van der Waals surface area contributed by atoms with E-state index < -0.39 is 0 Å². The Labute approximate surface area is 103 Å². The first-order valence-corrected chi connectivity index (χ1v) is 5.81. The highest BCUT2D eigenvalue weighted by Gasteiger charge is 2.10. The molecule has 1 aromatic heterocycles. The zero-order valence-corrected chi connectivity index (χ0v) is 11.0. The Morgan fingerprint density at radius 2 is 2.12 bits per heavy atom. The van der Waals surface area contributed by atoms with Gasteiger partial charge in [-0.15, -0.1) is 0 Å². The van der Waals surface area contributed by atoms with Gasteiger partial charge in [-0.05, 0) is 7.05 Å². The fourth-order valence-electron chi connectivity index (χ4n) is 1.35. The van der Waals surface area contributed by atoms with Gasteiger partial charge < -0.3 is 14.8 Å². The molecule has 0 amide bonds. The van der Waals surface area contributed by atoms with Crippen LogP contribution in [0.25, 0.3) is 0 Å². The van der Waals surface area contributed by atoms with Gasteiger partial charge in [0.1, 0.15) is 12.4 Å². The fraction of sp³-hybridized carbons (Fsp3) is 0.667. The summed E-state index contributed by atoms with van der Waals surface area (Å²) in [6.07, 6.45) is 1.74. The largest absolute Gasteiger partial charge is 0.488 e. The molecule has 0 unspecified atom stereocenters. The Morgan fingerprint density at radius 3 is 2.71 bits per heavy atom. The van der Waals surface area contributed by atoms with Gasteiger partial charge in [0.25, 0.3) is 0 Å². The van der Waals surface area contributed by atoms with Crippen molar-refractivity contribution >= 4 is 0 Å². The van der Waals surface area contributed by atoms with E-state index in [9.17, 15) is 0 Å². The van der Waals surface area contributed by atoms with Crippen molar-refractivity contribution in [3.05, 3.63) is 17.7 Å². The topological polar surface area (TPSA) is 56.3 Å². The summed E-state index contributed by atoms with van der Waals surface area (Å²) in [6, 6.07) is 0. The van der Waals surface area contributed by atoms with Crippen LogP contribution in [0.1, 0.15) is 31.3 Å². The summed E-state index contributed by atoms with van der Waals surface area (Å²) in [5.41, 5.74) is 0.891. The van der Waals surface area contributed by atoms with Crippen LogP contribution in [0.15, 0.2) is 6.20 Å². The third-order valence-electron chi connectivity index (χ3n) is 2.25. The average molecular weight is 239 g/mol. The Balaban J connectivity index is 2.80. The highest BCUT2D eigenvalue weighted by Crippen LogP contribution is 2.18. The molecule has 5 heteroatoms. The number of nitrogens with one attached hydrogen (secondary N) is 1. The summed E-state index contributed by atoms with van der Waals surface area (Å²) < 4.78 is 10.5. The number of ether oxygens (including phenoxy) is 2. The summed E-state index contributed by atoms with van der Waals surface area (Å²) in [4.78, 5) is 8.80. The number of nitrogens with zero attached hydrogens (tertiary/aromatic N) is 2. The molecule has 1 N–H and O–H groups in total. The lowest BCUT2D eigenvalue weighted by Crippen LogP contribution is -2.14. The minimum Gasteiger partial charge on any atom is -0.488 e. The number of hydrogen-bond acceptors (Lipinski definition) is 5. The molecule has 0 spiro atoms. The predicted octanol–water partition coefficient (Wildman–Crippen LogP) is 1.34. The van der Waals surface area contributed by atoms with Gasteiger partial charge in [-0.25, -0.2) is 9.97 Å². The Kier molecular flexibility index (Phi) is 5.86. The molecule has 1 rings (SSSR count). The molecule has 0 bridgehead atoms. The number of hydrogen-bond donors (Lipinski definition) is 1. The molecule has 0 aliphatic rings. The van der Waals surface area contributed by atoms with Crippen molar-refractivity contribution in [2.45, 2.75) is 26.3 Å². The molecule has 0 aliphatic heterocycles. The van der Waals surface area contributed by atoms with Gasteiger partial charge in [-0.2, -0.15) is 0 Å². The molecule has 0 fully saturated rings. The van der Waals surface area contributed by atoms with E-state index in [0.29, 0.717) is 25.7 Å². The molecule has 0 saturated carbocycles. The zero-order valence-electron chi connectivity index (χ0n) is 11.0. The van der Waals surface area contributed by atoms with E-state index >= 15 is 0 Å². The minimum absolute atomic E-state index is 0.318. The highest BCUT2D eigenvalue weighted by molar-refractivity contribution is 5.25. The van der Waals surface area contributed by atoms with E-state index in [0.717, 1.165) is 17.3 Å². The number of methoxy groups -OCH3 is 1. The quantitative estimate of drug-likeness (QED) is 0.728. The summed E-state index contributed by atoms with van der Waals surface area (Å²) in [5, 5.41) is 3.08. The predicted molar refractivity (Wildman–Crippen MR) is 66.3 cm³/mol. The molecule has 0 saturated heterocycles. The summed E-state index contributed by atoms with van der Waals surface area (Å²) >= 11 is 0. The third kappa shape index (κ3) is 4.28. The van der Waals surface area contributed by atoms with Crippen LogP contribution in [0.2, 0.25) is 0 Å². The Bertz CT molecular complexity index is 343. The van der Waals surface area contributed by atoms with Crippen LogP contribution in [0.4, 0.5) is 0 Å². The van der Waals surface area contributed by atoms with Gasteiger partial charge in [0, 0.05) is 19.6 Å². The second-order valence-corrected chi connectivity index (χ2v) is 4.07. The molecule has 17 heavy (non-hydrogen) atoms. The smallest absolute Gasteiger partial charge is 0.160 e. The zero-order chi connectivity index (χ0) is 12.7. The molecular weight excluding hydrogens is 218 g/mol. The second kappa shape index (κ2) is 7.19. The lowest BCUT2D eigenvalue weighted by Gasteiger charge is -2.12. The van der Waals surface area contributed by atoms with Crippen LogP contribution in [-0.4, -0.2) is 37.3 Å². The monoisotopic (exact) mass is 239 g/mol. The molecule has 0 atom stereocenters. The van der Waals surface area contributed by atoms with Crippen molar-refractivity contribution < 1.29 is 9.47 Å². The standard InChI is InChI=1S/C12H21N3O2/c1-9(2)12-14-8-11(17-6-5-16-4)10(15-12)7-13-3/h8-9,13H,5-7H2,1-4H3. The summed E-state index contributed by atoms with van der Waals surface area (Å²) in [6.45, 7) is 5.89. The van der Waals surface area contributed by atoms with Gasteiger partial charge in [0.2, 0.25) is 0 Å². The van der Waals surface area contributed by atoms with Crippen LogP contribution in [0.5, 0.6) is 5.75 Å². The Morgan fingerprint density at radius 1 is 1.35 bits per heavy atom. The van der Waals surface area contributed by atoms with E-state index in [1.165, 1.54) is 0 Å². The normalized spacial score (nSPS) is 10.9. The van der Waals surface area contributed by atoms with Gasteiger partial charge >= 0.3 is 0 Å². The van der Waals surface area contributed by atoms with Gasteiger partial charge in [0.05, 0.1) is 18.5 Å². The molecule has 0 radical (unpaired) electrons. The SMILES string of the molecule is CNCc1nc(C(C)C)ncc1OCCOC. The van der Waals surface area contributed by atoms with Crippen molar-refractivity contribution in [3.63, 3.8) is 0 Å². The van der Waals surface area contributed by atoms with E-state index in [1.807, 2.05) is 7.05 Å². The van der Waals surface area contributed by atoms with Crippen molar-refractivity contribution in [2.75, 3.05) is 27.4 Å².